The monoisotopic (exact) mass is 268 g/mol. The minimum atomic E-state index is -3.54. The molecule has 0 aromatic carbocycles. The van der Waals surface area contributed by atoms with E-state index in [0.717, 1.165) is 0 Å². The molecule has 0 bridgehead atoms. The SMILES string of the molecule is O=C1CCC(CS(=O)(=O)c2cccnc2)C(=O)N1. The smallest absolute Gasteiger partial charge is 0.230 e. The van der Waals surface area contributed by atoms with Gasteiger partial charge in [0, 0.05) is 18.8 Å². The first-order chi connectivity index (χ1) is 8.49. The van der Waals surface area contributed by atoms with E-state index in [9.17, 15) is 18.0 Å². The molecule has 1 aromatic rings. The Balaban J connectivity index is 2.14. The lowest BCUT2D eigenvalue weighted by atomic mass is 10.0. The van der Waals surface area contributed by atoms with Crippen molar-refractivity contribution < 1.29 is 18.0 Å². The first kappa shape index (κ1) is 12.7. The van der Waals surface area contributed by atoms with Crippen molar-refractivity contribution in [1.82, 2.24) is 10.3 Å². The number of sulfone groups is 1. The van der Waals surface area contributed by atoms with E-state index >= 15 is 0 Å². The Morgan fingerprint density at radius 3 is 2.78 bits per heavy atom. The Morgan fingerprint density at radius 1 is 1.39 bits per heavy atom. The number of rotatable bonds is 3. The van der Waals surface area contributed by atoms with Crippen LogP contribution in [-0.2, 0) is 19.4 Å². The van der Waals surface area contributed by atoms with Gasteiger partial charge < -0.3 is 0 Å². The number of hydrogen-bond acceptors (Lipinski definition) is 5. The lowest BCUT2D eigenvalue weighted by Crippen LogP contribution is -2.43. The van der Waals surface area contributed by atoms with Crippen LogP contribution >= 0.6 is 0 Å². The second kappa shape index (κ2) is 4.85. The van der Waals surface area contributed by atoms with Crippen LogP contribution in [0.25, 0.3) is 0 Å². The molecule has 1 aromatic heterocycles. The number of amides is 2. The fourth-order valence-corrected chi connectivity index (χ4v) is 3.34. The molecule has 1 aliphatic heterocycles. The number of nitrogens with one attached hydrogen (secondary N) is 1. The van der Waals surface area contributed by atoms with E-state index in [1.54, 1.807) is 0 Å². The van der Waals surface area contributed by atoms with Gasteiger partial charge in [-0.25, -0.2) is 8.42 Å². The van der Waals surface area contributed by atoms with Gasteiger partial charge in [-0.1, -0.05) is 0 Å². The highest BCUT2D eigenvalue weighted by molar-refractivity contribution is 7.91. The van der Waals surface area contributed by atoms with Crippen molar-refractivity contribution in [3.05, 3.63) is 24.5 Å². The fourth-order valence-electron chi connectivity index (χ4n) is 1.79. The average Bonchev–Trinajstić information content (AvgIpc) is 2.34. The van der Waals surface area contributed by atoms with Gasteiger partial charge in [-0.05, 0) is 18.6 Å². The summed E-state index contributed by atoms with van der Waals surface area (Å²) in [5.41, 5.74) is 0. The van der Waals surface area contributed by atoms with Gasteiger partial charge in [-0.3, -0.25) is 19.9 Å². The molecule has 18 heavy (non-hydrogen) atoms. The third-order valence-electron chi connectivity index (χ3n) is 2.77. The molecule has 96 valence electrons. The van der Waals surface area contributed by atoms with Crippen LogP contribution in [0.4, 0.5) is 0 Å². The number of nitrogens with zero attached hydrogens (tertiary/aromatic N) is 1. The highest BCUT2D eigenvalue weighted by atomic mass is 32.2. The van der Waals surface area contributed by atoms with Crippen LogP contribution < -0.4 is 5.32 Å². The molecule has 6 nitrogen and oxygen atoms in total. The summed E-state index contributed by atoms with van der Waals surface area (Å²) in [6.45, 7) is 0. The van der Waals surface area contributed by atoms with Crippen molar-refractivity contribution in [2.75, 3.05) is 5.75 Å². The lowest BCUT2D eigenvalue weighted by molar-refractivity contribution is -0.135. The molecule has 0 radical (unpaired) electrons. The van der Waals surface area contributed by atoms with Gasteiger partial charge in [0.25, 0.3) is 0 Å². The Labute approximate surface area is 104 Å². The number of carbonyl (C=O) groups is 2. The molecule has 7 heteroatoms. The average molecular weight is 268 g/mol. The molecule has 2 rings (SSSR count). The van der Waals surface area contributed by atoms with Crippen molar-refractivity contribution in [3.8, 4) is 0 Å². The molecular formula is C11H12N2O4S. The Morgan fingerprint density at radius 2 is 2.17 bits per heavy atom. The van der Waals surface area contributed by atoms with Crippen LogP contribution in [0.2, 0.25) is 0 Å². The summed E-state index contributed by atoms with van der Waals surface area (Å²) in [5, 5.41) is 2.15. The predicted molar refractivity (Wildman–Crippen MR) is 62.2 cm³/mol. The van der Waals surface area contributed by atoms with Gasteiger partial charge >= 0.3 is 0 Å². The maximum atomic E-state index is 12.0. The van der Waals surface area contributed by atoms with E-state index in [-0.39, 0.29) is 29.4 Å². The van der Waals surface area contributed by atoms with E-state index < -0.39 is 21.7 Å². The topological polar surface area (TPSA) is 93.2 Å². The van der Waals surface area contributed by atoms with Crippen LogP contribution in [-0.4, -0.2) is 31.0 Å². The summed E-state index contributed by atoms with van der Waals surface area (Å²) in [5.74, 6) is -1.83. The second-order valence-electron chi connectivity index (χ2n) is 4.12. The van der Waals surface area contributed by atoms with E-state index in [1.807, 2.05) is 0 Å². The zero-order valence-corrected chi connectivity index (χ0v) is 10.3. The largest absolute Gasteiger partial charge is 0.296 e. The number of pyridine rings is 1. The molecule has 1 atom stereocenters. The third-order valence-corrected chi connectivity index (χ3v) is 4.57. The summed E-state index contributed by atoms with van der Waals surface area (Å²) < 4.78 is 24.0. The van der Waals surface area contributed by atoms with E-state index in [1.165, 1.54) is 24.5 Å². The molecule has 2 amide bonds. The second-order valence-corrected chi connectivity index (χ2v) is 6.15. The summed E-state index contributed by atoms with van der Waals surface area (Å²) >= 11 is 0. The van der Waals surface area contributed by atoms with Crippen molar-refractivity contribution in [2.45, 2.75) is 17.7 Å². The number of imide groups is 1. The summed E-state index contributed by atoms with van der Waals surface area (Å²) in [4.78, 5) is 26.3. The Bertz CT molecular complexity index is 568. The molecule has 2 heterocycles. The summed E-state index contributed by atoms with van der Waals surface area (Å²) in [7, 11) is -3.54. The maximum absolute atomic E-state index is 12.0. The molecule has 1 N–H and O–H groups in total. The predicted octanol–water partition coefficient (Wildman–Crippen LogP) is -0.0919. The van der Waals surface area contributed by atoms with Gasteiger partial charge in [0.2, 0.25) is 11.8 Å². The molecular weight excluding hydrogens is 256 g/mol. The zero-order valence-electron chi connectivity index (χ0n) is 9.50. The van der Waals surface area contributed by atoms with Crippen molar-refractivity contribution in [1.29, 1.82) is 0 Å². The summed E-state index contributed by atoms with van der Waals surface area (Å²) in [6, 6.07) is 2.96. The highest BCUT2D eigenvalue weighted by Crippen LogP contribution is 2.19. The molecule has 0 saturated carbocycles. The highest BCUT2D eigenvalue weighted by Gasteiger charge is 2.31. The third kappa shape index (κ3) is 2.73. The van der Waals surface area contributed by atoms with Gasteiger partial charge in [-0.15, -0.1) is 0 Å². The standard InChI is InChI=1S/C11H12N2O4S/c14-10-4-3-8(11(15)13-10)7-18(16,17)9-2-1-5-12-6-9/h1-2,5-6,8H,3-4,7H2,(H,13,14,15). The van der Waals surface area contributed by atoms with Crippen molar-refractivity contribution in [2.24, 2.45) is 5.92 Å². The molecule has 0 spiro atoms. The Hall–Kier alpha value is -1.76. The number of carbonyl (C=O) groups excluding carboxylic acids is 2. The van der Waals surface area contributed by atoms with Crippen LogP contribution in [0.5, 0.6) is 0 Å². The minimum Gasteiger partial charge on any atom is -0.296 e. The first-order valence-electron chi connectivity index (χ1n) is 5.45. The van der Waals surface area contributed by atoms with Crippen LogP contribution in [0.15, 0.2) is 29.4 Å². The number of hydrogen-bond donors (Lipinski definition) is 1. The van der Waals surface area contributed by atoms with E-state index in [0.29, 0.717) is 0 Å². The van der Waals surface area contributed by atoms with Gasteiger partial charge in [0.1, 0.15) is 0 Å². The van der Waals surface area contributed by atoms with E-state index in [4.69, 9.17) is 0 Å². The molecule has 1 saturated heterocycles. The van der Waals surface area contributed by atoms with Gasteiger partial charge in [0.15, 0.2) is 9.84 Å². The lowest BCUT2D eigenvalue weighted by Gasteiger charge is -2.20. The van der Waals surface area contributed by atoms with Gasteiger partial charge in [0.05, 0.1) is 16.6 Å². The first-order valence-corrected chi connectivity index (χ1v) is 7.11. The molecule has 1 fully saturated rings. The normalized spacial score (nSPS) is 20.6. The minimum absolute atomic E-state index is 0.0923. The molecule has 1 aliphatic rings. The van der Waals surface area contributed by atoms with Gasteiger partial charge in [-0.2, -0.15) is 0 Å². The van der Waals surface area contributed by atoms with Crippen molar-refractivity contribution in [3.63, 3.8) is 0 Å². The maximum Gasteiger partial charge on any atom is 0.230 e. The summed E-state index contributed by atoms with van der Waals surface area (Å²) in [6.07, 6.45) is 3.18. The quantitative estimate of drug-likeness (QED) is 0.773. The van der Waals surface area contributed by atoms with Crippen molar-refractivity contribution >= 4 is 21.7 Å². The fraction of sp³-hybridized carbons (Fsp3) is 0.364. The Kier molecular flexibility index (Phi) is 3.42. The molecule has 0 aliphatic carbocycles. The van der Waals surface area contributed by atoms with Crippen LogP contribution in [0, 0.1) is 5.92 Å². The zero-order chi connectivity index (χ0) is 13.2. The van der Waals surface area contributed by atoms with Crippen LogP contribution in [0.3, 0.4) is 0 Å². The van der Waals surface area contributed by atoms with E-state index in [2.05, 4.69) is 10.3 Å². The number of aromatic nitrogens is 1. The molecule has 1 unspecified atom stereocenters. The number of piperidine rings is 1. The van der Waals surface area contributed by atoms with Crippen LogP contribution in [0.1, 0.15) is 12.8 Å².